The lowest BCUT2D eigenvalue weighted by Gasteiger charge is -2.38. The molecule has 1 unspecified atom stereocenters. The highest BCUT2D eigenvalue weighted by Gasteiger charge is 2.34. The molecule has 0 aromatic heterocycles. The summed E-state index contributed by atoms with van der Waals surface area (Å²) in [6.07, 6.45) is 5.85. The molecule has 1 atom stereocenters. The molecule has 1 aliphatic carbocycles. The normalized spacial score (nSPS) is 21.7. The van der Waals surface area contributed by atoms with Crippen LogP contribution in [0.2, 0.25) is 0 Å². The van der Waals surface area contributed by atoms with E-state index < -0.39 is 0 Å². The number of alkyl halides is 1. The molecule has 112 valence electrons. The van der Waals surface area contributed by atoms with Crippen LogP contribution in [0.15, 0.2) is 24.3 Å². The Labute approximate surface area is 131 Å². The zero-order chi connectivity index (χ0) is 14.3. The summed E-state index contributed by atoms with van der Waals surface area (Å²) in [4.78, 5) is 0. The Morgan fingerprint density at radius 1 is 1.20 bits per heavy atom. The number of fused-ring (bicyclic) bond motifs is 1. The van der Waals surface area contributed by atoms with Crippen molar-refractivity contribution in [2.24, 2.45) is 0 Å². The van der Waals surface area contributed by atoms with Gasteiger partial charge in [-0.3, -0.25) is 0 Å². The molecule has 0 saturated carbocycles. The van der Waals surface area contributed by atoms with Crippen LogP contribution in [0.4, 0.5) is 0 Å². The molecule has 0 aliphatic heterocycles. The van der Waals surface area contributed by atoms with Gasteiger partial charge in [-0.1, -0.05) is 40.2 Å². The third kappa shape index (κ3) is 3.84. The van der Waals surface area contributed by atoms with Crippen molar-refractivity contribution in [3.8, 4) is 0 Å². The van der Waals surface area contributed by atoms with E-state index in [0.29, 0.717) is 0 Å². The molecule has 3 heteroatoms. The Balaban J connectivity index is 1.93. The van der Waals surface area contributed by atoms with Crippen LogP contribution >= 0.6 is 15.9 Å². The quantitative estimate of drug-likeness (QED) is 0.524. The standard InChI is InChI=1S/C17H25BrO2/c1-19-11-5-12-20-13-10-17(14-18)9-4-7-15-6-2-3-8-16(15)17/h2-3,6,8H,4-5,7,9-14H2,1H3. The number of hydrogen-bond donors (Lipinski definition) is 0. The molecule has 20 heavy (non-hydrogen) atoms. The van der Waals surface area contributed by atoms with Gasteiger partial charge in [0, 0.05) is 37.7 Å². The average molecular weight is 341 g/mol. The van der Waals surface area contributed by atoms with Gasteiger partial charge in [0.25, 0.3) is 0 Å². The predicted octanol–water partition coefficient (Wildman–Crippen LogP) is 4.10. The Hall–Kier alpha value is -0.380. The molecule has 1 aromatic rings. The summed E-state index contributed by atoms with van der Waals surface area (Å²) in [5.41, 5.74) is 3.32. The molecule has 0 heterocycles. The predicted molar refractivity (Wildman–Crippen MR) is 86.8 cm³/mol. The highest BCUT2D eigenvalue weighted by atomic mass is 79.9. The van der Waals surface area contributed by atoms with E-state index in [1.807, 2.05) is 0 Å². The number of halogens is 1. The van der Waals surface area contributed by atoms with Gasteiger partial charge in [-0.15, -0.1) is 0 Å². The minimum atomic E-state index is 0.260. The second kappa shape index (κ2) is 8.16. The summed E-state index contributed by atoms with van der Waals surface area (Å²) >= 11 is 3.76. The Bertz CT molecular complexity index is 408. The maximum absolute atomic E-state index is 5.78. The topological polar surface area (TPSA) is 18.5 Å². The summed E-state index contributed by atoms with van der Waals surface area (Å²) in [5, 5.41) is 1.03. The lowest BCUT2D eigenvalue weighted by molar-refractivity contribution is 0.0896. The molecular weight excluding hydrogens is 316 g/mol. The van der Waals surface area contributed by atoms with E-state index in [4.69, 9.17) is 9.47 Å². The van der Waals surface area contributed by atoms with E-state index in [1.165, 1.54) is 30.4 Å². The number of methoxy groups -OCH3 is 1. The summed E-state index contributed by atoms with van der Waals surface area (Å²) in [6.45, 7) is 2.42. The second-order valence-corrected chi connectivity index (χ2v) is 6.19. The molecule has 1 aliphatic rings. The second-order valence-electron chi connectivity index (χ2n) is 5.63. The van der Waals surface area contributed by atoms with Crippen molar-refractivity contribution in [2.75, 3.05) is 32.3 Å². The SMILES string of the molecule is COCCCOCCC1(CBr)CCCc2ccccc21. The van der Waals surface area contributed by atoms with Crippen molar-refractivity contribution < 1.29 is 9.47 Å². The van der Waals surface area contributed by atoms with E-state index in [0.717, 1.165) is 38.0 Å². The first-order valence-electron chi connectivity index (χ1n) is 7.53. The third-order valence-corrected chi connectivity index (χ3v) is 5.38. The molecule has 0 bridgehead atoms. The molecule has 1 aromatic carbocycles. The molecule has 0 fully saturated rings. The fourth-order valence-corrected chi connectivity index (χ4v) is 4.01. The van der Waals surface area contributed by atoms with Crippen molar-refractivity contribution in [1.82, 2.24) is 0 Å². The van der Waals surface area contributed by atoms with Crippen molar-refractivity contribution in [1.29, 1.82) is 0 Å². The van der Waals surface area contributed by atoms with Crippen molar-refractivity contribution >= 4 is 15.9 Å². The summed E-state index contributed by atoms with van der Waals surface area (Å²) in [6, 6.07) is 8.91. The first-order valence-corrected chi connectivity index (χ1v) is 8.65. The monoisotopic (exact) mass is 340 g/mol. The molecule has 2 nitrogen and oxygen atoms in total. The van der Waals surface area contributed by atoms with Crippen LogP contribution in [0, 0.1) is 0 Å². The smallest absolute Gasteiger partial charge is 0.0487 e. The summed E-state index contributed by atoms with van der Waals surface area (Å²) < 4.78 is 10.8. The molecule has 0 saturated heterocycles. The van der Waals surface area contributed by atoms with Crippen molar-refractivity contribution in [2.45, 2.75) is 37.5 Å². The van der Waals surface area contributed by atoms with Crippen LogP contribution in [0.1, 0.15) is 36.8 Å². The van der Waals surface area contributed by atoms with Gasteiger partial charge in [0.2, 0.25) is 0 Å². The number of aryl methyl sites for hydroxylation is 1. The van der Waals surface area contributed by atoms with Gasteiger partial charge >= 0.3 is 0 Å². The Morgan fingerprint density at radius 3 is 2.85 bits per heavy atom. The number of ether oxygens (including phenoxy) is 2. The first kappa shape index (κ1) is 16.0. The Morgan fingerprint density at radius 2 is 2.05 bits per heavy atom. The molecule has 0 spiro atoms. The zero-order valence-electron chi connectivity index (χ0n) is 12.4. The minimum Gasteiger partial charge on any atom is -0.385 e. The molecule has 2 rings (SSSR count). The van der Waals surface area contributed by atoms with Crippen molar-refractivity contribution in [3.05, 3.63) is 35.4 Å². The number of hydrogen-bond acceptors (Lipinski definition) is 2. The van der Waals surface area contributed by atoms with E-state index in [2.05, 4.69) is 40.2 Å². The van der Waals surface area contributed by atoms with Crippen LogP contribution < -0.4 is 0 Å². The maximum Gasteiger partial charge on any atom is 0.0487 e. The fourth-order valence-electron chi connectivity index (χ4n) is 3.15. The largest absolute Gasteiger partial charge is 0.385 e. The van der Waals surface area contributed by atoms with Gasteiger partial charge in [0.15, 0.2) is 0 Å². The van der Waals surface area contributed by atoms with Gasteiger partial charge in [0.1, 0.15) is 0 Å². The Kier molecular flexibility index (Phi) is 6.53. The van der Waals surface area contributed by atoms with Crippen LogP contribution in [0.3, 0.4) is 0 Å². The first-order chi connectivity index (χ1) is 9.82. The van der Waals surface area contributed by atoms with Crippen LogP contribution in [0.5, 0.6) is 0 Å². The summed E-state index contributed by atoms with van der Waals surface area (Å²) in [5.74, 6) is 0. The third-order valence-electron chi connectivity index (χ3n) is 4.31. The highest BCUT2D eigenvalue weighted by molar-refractivity contribution is 9.09. The average Bonchev–Trinajstić information content (AvgIpc) is 2.51. The molecule has 0 amide bonds. The maximum atomic E-state index is 5.78. The lowest BCUT2D eigenvalue weighted by atomic mass is 9.69. The van der Waals surface area contributed by atoms with Gasteiger partial charge in [-0.25, -0.2) is 0 Å². The van der Waals surface area contributed by atoms with E-state index in [1.54, 1.807) is 7.11 Å². The van der Waals surface area contributed by atoms with Gasteiger partial charge in [-0.2, -0.15) is 0 Å². The lowest BCUT2D eigenvalue weighted by Crippen LogP contribution is -2.34. The number of rotatable bonds is 8. The van der Waals surface area contributed by atoms with Gasteiger partial charge in [-0.05, 0) is 43.2 Å². The molecular formula is C17H25BrO2. The van der Waals surface area contributed by atoms with E-state index in [9.17, 15) is 0 Å². The number of benzene rings is 1. The van der Waals surface area contributed by atoms with E-state index >= 15 is 0 Å². The fraction of sp³-hybridized carbons (Fsp3) is 0.647. The van der Waals surface area contributed by atoms with E-state index in [-0.39, 0.29) is 5.41 Å². The summed E-state index contributed by atoms with van der Waals surface area (Å²) in [7, 11) is 1.73. The van der Waals surface area contributed by atoms with Crippen LogP contribution in [-0.4, -0.2) is 32.3 Å². The van der Waals surface area contributed by atoms with Gasteiger partial charge in [0.05, 0.1) is 0 Å². The molecule has 0 N–H and O–H groups in total. The zero-order valence-corrected chi connectivity index (χ0v) is 14.0. The van der Waals surface area contributed by atoms with Crippen LogP contribution in [-0.2, 0) is 21.3 Å². The molecule has 0 radical (unpaired) electrons. The van der Waals surface area contributed by atoms with Crippen molar-refractivity contribution in [3.63, 3.8) is 0 Å². The highest BCUT2D eigenvalue weighted by Crippen LogP contribution is 2.41. The van der Waals surface area contributed by atoms with Crippen LogP contribution in [0.25, 0.3) is 0 Å². The van der Waals surface area contributed by atoms with Gasteiger partial charge < -0.3 is 9.47 Å². The minimum absolute atomic E-state index is 0.260.